The first kappa shape index (κ1) is 23.0. The van der Waals surface area contributed by atoms with Gasteiger partial charge < -0.3 is 0 Å². The Morgan fingerprint density at radius 3 is 1.21 bits per heavy atom. The molecular formula is C16H14N2Na2O4. The minimum absolute atomic E-state index is 0. The van der Waals surface area contributed by atoms with Gasteiger partial charge in [0, 0.05) is 80.1 Å². The van der Waals surface area contributed by atoms with Gasteiger partial charge in [0.25, 0.3) is 0 Å². The van der Waals surface area contributed by atoms with Crippen LogP contribution in [-0.2, 0) is 0 Å². The van der Waals surface area contributed by atoms with Gasteiger partial charge in [-0.2, -0.15) is 0 Å². The molecule has 0 atom stereocenters. The van der Waals surface area contributed by atoms with Gasteiger partial charge in [-0.25, -0.2) is 0 Å². The van der Waals surface area contributed by atoms with E-state index in [1.807, 2.05) is 0 Å². The summed E-state index contributed by atoms with van der Waals surface area (Å²) in [6, 6.07) is 17.5. The van der Waals surface area contributed by atoms with Crippen molar-refractivity contribution in [3.63, 3.8) is 0 Å². The van der Waals surface area contributed by atoms with Crippen molar-refractivity contribution < 1.29 is 9.85 Å². The van der Waals surface area contributed by atoms with Crippen LogP contribution in [-0.4, -0.2) is 82.1 Å². The van der Waals surface area contributed by atoms with Crippen LogP contribution >= 0.6 is 0 Å². The molecule has 0 bridgehead atoms. The predicted octanol–water partition coefficient (Wildman–Crippen LogP) is 2.39. The molecule has 6 nitrogen and oxygen atoms in total. The minimum atomic E-state index is -0.467. The van der Waals surface area contributed by atoms with Gasteiger partial charge in [0.1, 0.15) is 0 Å². The van der Waals surface area contributed by atoms with Crippen LogP contribution in [0.25, 0.3) is 11.1 Å². The van der Waals surface area contributed by atoms with Gasteiger partial charge in [0.05, 0.1) is 0 Å². The molecule has 2 rings (SSSR count). The first-order chi connectivity index (χ1) is 10.6. The van der Waals surface area contributed by atoms with Crippen LogP contribution in [0.3, 0.4) is 0 Å². The van der Waals surface area contributed by atoms with Crippen LogP contribution in [0.5, 0.6) is 0 Å². The first-order valence-corrected chi connectivity index (χ1v) is 6.64. The molecule has 0 amide bonds. The van der Waals surface area contributed by atoms with Gasteiger partial charge in [-0.1, -0.05) is 60.7 Å². The molecular weight excluding hydrogens is 330 g/mol. The third-order valence-corrected chi connectivity index (χ3v) is 3.18. The number of nitrogens with zero attached hydrogens (tertiary/aromatic N) is 2. The van der Waals surface area contributed by atoms with Crippen LogP contribution in [0.1, 0.15) is 11.1 Å². The molecule has 0 aliphatic rings. The molecule has 0 aromatic heterocycles. The van der Waals surface area contributed by atoms with E-state index in [4.69, 9.17) is 0 Å². The molecule has 0 saturated carbocycles. The van der Waals surface area contributed by atoms with Gasteiger partial charge >= 0.3 is 0 Å². The van der Waals surface area contributed by atoms with Crippen molar-refractivity contribution in [2.45, 2.75) is 0 Å². The largest absolute Gasteiger partial charge is 0.264 e. The number of rotatable bonds is 6. The van der Waals surface area contributed by atoms with Gasteiger partial charge in [-0.3, -0.25) is 20.2 Å². The summed E-state index contributed by atoms with van der Waals surface area (Å²) in [5.41, 5.74) is 1.99. The van der Waals surface area contributed by atoms with E-state index in [9.17, 15) is 20.2 Å². The van der Waals surface area contributed by atoms with Crippen molar-refractivity contribution in [3.8, 4) is 0 Å². The molecule has 2 aromatic rings. The molecule has 24 heavy (non-hydrogen) atoms. The molecule has 0 saturated heterocycles. The van der Waals surface area contributed by atoms with Crippen LogP contribution in [0.2, 0.25) is 0 Å². The van der Waals surface area contributed by atoms with Gasteiger partial charge in [0.15, 0.2) is 0 Å². The summed E-state index contributed by atoms with van der Waals surface area (Å²) in [6.45, 7) is -0.913. The summed E-state index contributed by atoms with van der Waals surface area (Å²) in [6.07, 6.45) is 0. The maximum absolute atomic E-state index is 11.0. The summed E-state index contributed by atoms with van der Waals surface area (Å²) >= 11 is 0. The number of nitro groups is 2. The molecule has 114 valence electrons. The SMILES string of the molecule is O=[N+]([O-])CC(=C(C[N+](=O)[O-])c1ccccc1)c1ccccc1.[Na].[Na]. The minimum Gasteiger partial charge on any atom is -0.264 e. The van der Waals surface area contributed by atoms with E-state index in [1.165, 1.54) is 0 Å². The number of hydrogen-bond donors (Lipinski definition) is 0. The van der Waals surface area contributed by atoms with E-state index in [1.54, 1.807) is 60.7 Å². The summed E-state index contributed by atoms with van der Waals surface area (Å²) in [4.78, 5) is 21.1. The number of benzene rings is 2. The molecule has 0 aliphatic carbocycles. The molecule has 2 aromatic carbocycles. The third-order valence-electron chi connectivity index (χ3n) is 3.18. The van der Waals surface area contributed by atoms with Crippen LogP contribution in [0.15, 0.2) is 60.7 Å². The normalized spacial score (nSPS) is 10.7. The van der Waals surface area contributed by atoms with Crippen molar-refractivity contribution in [1.82, 2.24) is 0 Å². The summed E-state index contributed by atoms with van der Waals surface area (Å²) in [5.74, 6) is 0. The Labute approximate surface area is 183 Å². The first-order valence-electron chi connectivity index (χ1n) is 6.64. The molecule has 0 N–H and O–H groups in total. The van der Waals surface area contributed by atoms with Gasteiger partial charge in [0.2, 0.25) is 13.1 Å². The standard InChI is InChI=1S/C16H14N2O4.2Na/c19-17(20)11-15(13-7-3-1-4-8-13)16(12-18(21)22)14-9-5-2-6-10-14;;/h1-10H,11-12H2;;. The van der Waals surface area contributed by atoms with Gasteiger partial charge in [-0.05, 0) is 11.1 Å². The summed E-state index contributed by atoms with van der Waals surface area (Å²) < 4.78 is 0. The molecule has 0 fully saturated rings. The molecule has 0 heterocycles. The van der Waals surface area contributed by atoms with E-state index in [2.05, 4.69) is 0 Å². The quantitative estimate of drug-likeness (QED) is 0.348. The molecule has 0 unspecified atom stereocenters. The Hall–Kier alpha value is -1.02. The second-order valence-corrected chi connectivity index (χ2v) is 4.67. The van der Waals surface area contributed by atoms with Crippen molar-refractivity contribution in [3.05, 3.63) is 92.0 Å². The summed E-state index contributed by atoms with van der Waals surface area (Å²) in [7, 11) is 0. The number of hydrogen-bond acceptors (Lipinski definition) is 4. The molecule has 0 spiro atoms. The van der Waals surface area contributed by atoms with Crippen LogP contribution in [0, 0.1) is 20.2 Å². The fraction of sp³-hybridized carbons (Fsp3) is 0.125. The second kappa shape index (κ2) is 11.5. The van der Waals surface area contributed by atoms with E-state index in [0.29, 0.717) is 22.3 Å². The van der Waals surface area contributed by atoms with Crippen molar-refractivity contribution in [2.75, 3.05) is 13.1 Å². The maximum atomic E-state index is 11.0. The van der Waals surface area contributed by atoms with Crippen molar-refractivity contribution in [1.29, 1.82) is 0 Å². The fourth-order valence-electron chi connectivity index (χ4n) is 2.26. The zero-order chi connectivity index (χ0) is 15.9. The van der Waals surface area contributed by atoms with E-state index in [0.717, 1.165) is 0 Å². The second-order valence-electron chi connectivity index (χ2n) is 4.67. The Morgan fingerprint density at radius 2 is 0.958 bits per heavy atom. The van der Waals surface area contributed by atoms with Crippen LogP contribution in [0.4, 0.5) is 0 Å². The Balaban J connectivity index is 0.00000264. The Bertz CT molecular complexity index is 645. The fourth-order valence-corrected chi connectivity index (χ4v) is 2.26. The van der Waals surface area contributed by atoms with Crippen LogP contribution < -0.4 is 0 Å². The van der Waals surface area contributed by atoms with E-state index >= 15 is 0 Å². The zero-order valence-electron chi connectivity index (χ0n) is 13.7. The summed E-state index contributed by atoms with van der Waals surface area (Å²) in [5, 5.41) is 22.0. The molecule has 2 radical (unpaired) electrons. The van der Waals surface area contributed by atoms with E-state index < -0.39 is 22.9 Å². The van der Waals surface area contributed by atoms with E-state index in [-0.39, 0.29) is 59.1 Å². The average molecular weight is 344 g/mol. The zero-order valence-corrected chi connectivity index (χ0v) is 17.7. The topological polar surface area (TPSA) is 86.3 Å². The predicted molar refractivity (Wildman–Crippen MR) is 94.9 cm³/mol. The Kier molecular flexibility index (Phi) is 11.0. The monoisotopic (exact) mass is 344 g/mol. The smallest absolute Gasteiger partial charge is 0.230 e. The molecule has 0 aliphatic heterocycles. The Morgan fingerprint density at radius 1 is 0.667 bits per heavy atom. The molecule has 8 heteroatoms. The maximum Gasteiger partial charge on any atom is 0.230 e. The third kappa shape index (κ3) is 6.84. The van der Waals surface area contributed by atoms with Crippen molar-refractivity contribution in [2.24, 2.45) is 0 Å². The van der Waals surface area contributed by atoms with Gasteiger partial charge in [-0.15, -0.1) is 0 Å². The van der Waals surface area contributed by atoms with Crippen molar-refractivity contribution >= 4 is 70.3 Å². The average Bonchev–Trinajstić information content (AvgIpc) is 2.52.